The molecule has 0 atom stereocenters. The van der Waals surface area contributed by atoms with Crippen molar-refractivity contribution in [1.29, 1.82) is 0 Å². The molecule has 0 unspecified atom stereocenters. The molecule has 0 fully saturated rings. The molecule has 4 heteroatoms. The van der Waals surface area contributed by atoms with Crippen molar-refractivity contribution in [3.63, 3.8) is 0 Å². The highest BCUT2D eigenvalue weighted by Crippen LogP contribution is 2.15. The summed E-state index contributed by atoms with van der Waals surface area (Å²) >= 11 is 1.76. The highest BCUT2D eigenvalue weighted by atomic mass is 32.1. The van der Waals surface area contributed by atoms with Gasteiger partial charge in [-0.1, -0.05) is 13.0 Å². The molecule has 0 saturated carbocycles. The molecule has 2 heterocycles. The van der Waals surface area contributed by atoms with Crippen molar-refractivity contribution in [3.8, 4) is 0 Å². The van der Waals surface area contributed by atoms with Gasteiger partial charge >= 0.3 is 0 Å². The van der Waals surface area contributed by atoms with Crippen molar-refractivity contribution in [3.05, 3.63) is 46.0 Å². The zero-order valence-corrected chi connectivity index (χ0v) is 10.6. The number of furan rings is 1. The van der Waals surface area contributed by atoms with Crippen LogP contribution in [0.1, 0.15) is 28.1 Å². The van der Waals surface area contributed by atoms with Crippen molar-refractivity contribution in [2.75, 3.05) is 6.54 Å². The SMILES string of the molecule is CCN(Cc1ccc(C=O)o1)Cc1cccs1. The van der Waals surface area contributed by atoms with Crippen LogP contribution < -0.4 is 0 Å². The van der Waals surface area contributed by atoms with Crippen LogP contribution in [0.2, 0.25) is 0 Å². The molecule has 0 aliphatic rings. The van der Waals surface area contributed by atoms with Gasteiger partial charge in [0, 0.05) is 11.4 Å². The minimum Gasteiger partial charge on any atom is -0.457 e. The van der Waals surface area contributed by atoms with Crippen molar-refractivity contribution in [1.82, 2.24) is 4.90 Å². The first-order chi connectivity index (χ1) is 8.31. The maximum absolute atomic E-state index is 10.5. The van der Waals surface area contributed by atoms with E-state index in [0.29, 0.717) is 5.76 Å². The van der Waals surface area contributed by atoms with Gasteiger partial charge in [-0.05, 0) is 30.1 Å². The highest BCUT2D eigenvalue weighted by Gasteiger charge is 2.08. The summed E-state index contributed by atoms with van der Waals surface area (Å²) in [5, 5.41) is 2.08. The monoisotopic (exact) mass is 249 g/mol. The fourth-order valence-electron chi connectivity index (χ4n) is 1.67. The van der Waals surface area contributed by atoms with Crippen LogP contribution in [0.5, 0.6) is 0 Å². The summed E-state index contributed by atoms with van der Waals surface area (Å²) in [6.45, 7) is 4.74. The van der Waals surface area contributed by atoms with Crippen LogP contribution in [0, 0.1) is 0 Å². The first kappa shape index (κ1) is 12.1. The van der Waals surface area contributed by atoms with E-state index in [9.17, 15) is 4.79 Å². The van der Waals surface area contributed by atoms with Gasteiger partial charge in [0.25, 0.3) is 0 Å². The lowest BCUT2D eigenvalue weighted by atomic mass is 10.3. The van der Waals surface area contributed by atoms with Gasteiger partial charge in [0.15, 0.2) is 12.0 Å². The number of hydrogen-bond acceptors (Lipinski definition) is 4. The zero-order chi connectivity index (χ0) is 12.1. The molecule has 0 bridgehead atoms. The fraction of sp³-hybridized carbons (Fsp3) is 0.308. The molecule has 3 nitrogen and oxygen atoms in total. The molecule has 0 saturated heterocycles. The van der Waals surface area contributed by atoms with Gasteiger partial charge in [-0.15, -0.1) is 11.3 Å². The molecule has 0 aliphatic carbocycles. The number of carbonyl (C=O) groups is 1. The van der Waals surface area contributed by atoms with Crippen LogP contribution in [0.15, 0.2) is 34.1 Å². The molecule has 0 radical (unpaired) electrons. The Labute approximate surface area is 105 Å². The fourth-order valence-corrected chi connectivity index (χ4v) is 2.41. The van der Waals surface area contributed by atoms with Gasteiger partial charge in [-0.3, -0.25) is 9.69 Å². The molecule has 0 amide bonds. The van der Waals surface area contributed by atoms with Crippen molar-refractivity contribution in [2.24, 2.45) is 0 Å². The van der Waals surface area contributed by atoms with Gasteiger partial charge in [0.05, 0.1) is 6.54 Å². The smallest absolute Gasteiger partial charge is 0.185 e. The van der Waals surface area contributed by atoms with Gasteiger partial charge in [-0.25, -0.2) is 0 Å². The lowest BCUT2D eigenvalue weighted by Gasteiger charge is -2.17. The molecule has 17 heavy (non-hydrogen) atoms. The van der Waals surface area contributed by atoms with Gasteiger partial charge in [-0.2, -0.15) is 0 Å². The standard InChI is InChI=1S/C13H15NO2S/c1-2-14(9-13-4-3-7-17-13)8-11-5-6-12(10-15)16-11/h3-7,10H,2,8-9H2,1H3. The Kier molecular flexibility index (Phi) is 4.12. The summed E-state index contributed by atoms with van der Waals surface area (Å²) in [5.74, 6) is 1.23. The van der Waals surface area contributed by atoms with E-state index in [1.165, 1.54) is 4.88 Å². The van der Waals surface area contributed by atoms with Crippen LogP contribution in [0.3, 0.4) is 0 Å². The lowest BCUT2D eigenvalue weighted by Crippen LogP contribution is -2.21. The third-order valence-corrected chi connectivity index (χ3v) is 3.45. The maximum atomic E-state index is 10.5. The lowest BCUT2D eigenvalue weighted by molar-refractivity contribution is 0.109. The predicted octanol–water partition coefficient (Wildman–Crippen LogP) is 3.18. The number of carbonyl (C=O) groups excluding carboxylic acids is 1. The van der Waals surface area contributed by atoms with E-state index >= 15 is 0 Å². The second-order valence-electron chi connectivity index (χ2n) is 3.80. The second-order valence-corrected chi connectivity index (χ2v) is 4.84. The molecule has 2 aromatic heterocycles. The maximum Gasteiger partial charge on any atom is 0.185 e. The summed E-state index contributed by atoms with van der Waals surface area (Å²) in [6, 6.07) is 7.76. The normalized spacial score (nSPS) is 10.9. The molecule has 2 aromatic rings. The van der Waals surface area contributed by atoms with Crippen molar-refractivity contribution < 1.29 is 9.21 Å². The minimum absolute atomic E-state index is 0.396. The van der Waals surface area contributed by atoms with Crippen LogP contribution in [0.4, 0.5) is 0 Å². The van der Waals surface area contributed by atoms with Crippen LogP contribution in [0.25, 0.3) is 0 Å². The van der Waals surface area contributed by atoms with Gasteiger partial charge < -0.3 is 4.42 Å². The van der Waals surface area contributed by atoms with Crippen molar-refractivity contribution >= 4 is 17.6 Å². The van der Waals surface area contributed by atoms with E-state index in [-0.39, 0.29) is 0 Å². The van der Waals surface area contributed by atoms with Gasteiger partial charge in [0.1, 0.15) is 5.76 Å². The Balaban J connectivity index is 1.97. The average molecular weight is 249 g/mol. The number of rotatable bonds is 6. The Bertz CT molecular complexity index is 461. The quantitative estimate of drug-likeness (QED) is 0.737. The van der Waals surface area contributed by atoms with E-state index in [1.54, 1.807) is 17.4 Å². The molecule has 2 rings (SSSR count). The minimum atomic E-state index is 0.396. The topological polar surface area (TPSA) is 33.5 Å². The third-order valence-electron chi connectivity index (χ3n) is 2.58. The first-order valence-corrected chi connectivity index (χ1v) is 6.48. The second kappa shape index (κ2) is 5.80. The highest BCUT2D eigenvalue weighted by molar-refractivity contribution is 7.09. The Hall–Kier alpha value is -1.39. The van der Waals surface area contributed by atoms with E-state index in [4.69, 9.17) is 4.42 Å². The van der Waals surface area contributed by atoms with Crippen LogP contribution in [-0.4, -0.2) is 17.7 Å². The first-order valence-electron chi connectivity index (χ1n) is 5.60. The summed E-state index contributed by atoms with van der Waals surface area (Å²) in [6.07, 6.45) is 0.735. The van der Waals surface area contributed by atoms with E-state index < -0.39 is 0 Å². The van der Waals surface area contributed by atoms with E-state index in [2.05, 4.69) is 29.3 Å². The van der Waals surface area contributed by atoms with Gasteiger partial charge in [0.2, 0.25) is 0 Å². The Morgan fingerprint density at radius 2 is 2.24 bits per heavy atom. The third kappa shape index (κ3) is 3.28. The zero-order valence-electron chi connectivity index (χ0n) is 9.76. The summed E-state index contributed by atoms with van der Waals surface area (Å²) in [4.78, 5) is 14.1. The predicted molar refractivity (Wildman–Crippen MR) is 68.2 cm³/mol. The Morgan fingerprint density at radius 3 is 2.82 bits per heavy atom. The van der Waals surface area contributed by atoms with E-state index in [1.807, 2.05) is 6.07 Å². The number of thiophene rings is 1. The number of nitrogens with zero attached hydrogens (tertiary/aromatic N) is 1. The molecular formula is C13H15NO2S. The van der Waals surface area contributed by atoms with Crippen molar-refractivity contribution in [2.45, 2.75) is 20.0 Å². The molecule has 0 aliphatic heterocycles. The molecule has 0 N–H and O–H groups in total. The largest absolute Gasteiger partial charge is 0.457 e. The summed E-state index contributed by atoms with van der Waals surface area (Å²) in [7, 11) is 0. The molecular weight excluding hydrogens is 234 g/mol. The van der Waals surface area contributed by atoms with Crippen LogP contribution >= 0.6 is 11.3 Å². The van der Waals surface area contributed by atoms with E-state index in [0.717, 1.165) is 31.7 Å². The number of aldehydes is 1. The summed E-state index contributed by atoms with van der Waals surface area (Å²) < 4.78 is 5.38. The molecule has 90 valence electrons. The average Bonchev–Trinajstić information content (AvgIpc) is 2.99. The molecule has 0 aromatic carbocycles. The number of hydrogen-bond donors (Lipinski definition) is 0. The summed E-state index contributed by atoms with van der Waals surface area (Å²) in [5.41, 5.74) is 0. The molecule has 0 spiro atoms. The van der Waals surface area contributed by atoms with Crippen LogP contribution in [-0.2, 0) is 13.1 Å². The Morgan fingerprint density at radius 1 is 1.35 bits per heavy atom.